The van der Waals surface area contributed by atoms with Crippen molar-refractivity contribution in [2.45, 2.75) is 0 Å². The zero-order valence-corrected chi connectivity index (χ0v) is 9.55. The van der Waals surface area contributed by atoms with Crippen molar-refractivity contribution in [2.75, 3.05) is 12.4 Å². The van der Waals surface area contributed by atoms with Gasteiger partial charge in [-0.1, -0.05) is 11.6 Å². The third-order valence-electron chi connectivity index (χ3n) is 2.47. The monoisotopic (exact) mass is 220 g/mol. The van der Waals surface area contributed by atoms with Gasteiger partial charge in [-0.05, 0) is 30.3 Å². The number of nitrogens with one attached hydrogen (secondary N) is 1. The van der Waals surface area contributed by atoms with Crippen LogP contribution in [0.15, 0.2) is 36.5 Å². The second-order valence-electron chi connectivity index (χ2n) is 3.44. The molecule has 3 heteroatoms. The summed E-state index contributed by atoms with van der Waals surface area (Å²) in [5.41, 5.74) is 3.36. The number of hydrogen-bond donors (Lipinski definition) is 1. The molecule has 78 valence electrons. The first-order valence-electron chi connectivity index (χ1n) is 4.81. The molecule has 2 aromatic rings. The van der Waals surface area contributed by atoms with E-state index < -0.39 is 0 Å². The molecule has 1 aromatic carbocycles. The van der Waals surface area contributed by atoms with Crippen LogP contribution < -0.4 is 5.32 Å². The van der Waals surface area contributed by atoms with Crippen molar-refractivity contribution in [3.8, 4) is 11.3 Å². The predicted octanol–water partition coefficient (Wildman–Crippen LogP) is 3.39. The van der Waals surface area contributed by atoms with Crippen LogP contribution in [0.3, 0.4) is 0 Å². The molecule has 1 aromatic heterocycles. The molecule has 1 heterocycles. The summed E-state index contributed by atoms with van der Waals surface area (Å²) in [7, 11) is 3.94. The molecular weight excluding hydrogens is 208 g/mol. The minimum absolute atomic E-state index is 0.755. The average Bonchev–Trinajstić information content (AvgIpc) is 2.64. The van der Waals surface area contributed by atoms with Gasteiger partial charge < -0.3 is 9.88 Å². The van der Waals surface area contributed by atoms with Gasteiger partial charge in [0.15, 0.2) is 0 Å². The van der Waals surface area contributed by atoms with Crippen molar-refractivity contribution in [1.82, 2.24) is 4.57 Å². The highest BCUT2D eigenvalue weighted by molar-refractivity contribution is 6.31. The standard InChI is InChI=1S/C12H13ClN2/c1-14-11-6-5-9(13)8-10(11)12-4-3-7-15(12)2/h3-8,14H,1-2H3. The highest BCUT2D eigenvalue weighted by Crippen LogP contribution is 2.30. The lowest BCUT2D eigenvalue weighted by molar-refractivity contribution is 0.937. The molecule has 2 nitrogen and oxygen atoms in total. The summed E-state index contributed by atoms with van der Waals surface area (Å²) in [4.78, 5) is 0. The molecule has 15 heavy (non-hydrogen) atoms. The normalized spacial score (nSPS) is 10.3. The fraction of sp³-hybridized carbons (Fsp3) is 0.167. The van der Waals surface area contributed by atoms with Gasteiger partial charge in [0, 0.05) is 42.3 Å². The summed E-state index contributed by atoms with van der Waals surface area (Å²) >= 11 is 6.01. The van der Waals surface area contributed by atoms with Gasteiger partial charge >= 0.3 is 0 Å². The Kier molecular flexibility index (Phi) is 2.69. The summed E-state index contributed by atoms with van der Waals surface area (Å²) in [6.07, 6.45) is 2.02. The van der Waals surface area contributed by atoms with Gasteiger partial charge in [0.1, 0.15) is 0 Å². The predicted molar refractivity (Wildman–Crippen MR) is 65.4 cm³/mol. The molecule has 0 saturated heterocycles. The molecule has 0 aliphatic carbocycles. The smallest absolute Gasteiger partial charge is 0.0499 e. The molecule has 0 fully saturated rings. The van der Waals surface area contributed by atoms with E-state index in [1.54, 1.807) is 0 Å². The number of hydrogen-bond acceptors (Lipinski definition) is 1. The van der Waals surface area contributed by atoms with Crippen LogP contribution >= 0.6 is 11.6 Å². The quantitative estimate of drug-likeness (QED) is 0.821. The molecule has 0 saturated carbocycles. The van der Waals surface area contributed by atoms with Crippen molar-refractivity contribution >= 4 is 17.3 Å². The largest absolute Gasteiger partial charge is 0.388 e. The molecule has 0 atom stereocenters. The number of anilines is 1. The van der Waals surface area contributed by atoms with Crippen molar-refractivity contribution in [2.24, 2.45) is 7.05 Å². The van der Waals surface area contributed by atoms with Gasteiger partial charge in [-0.15, -0.1) is 0 Å². The lowest BCUT2D eigenvalue weighted by Crippen LogP contribution is -1.95. The third kappa shape index (κ3) is 1.85. The first-order chi connectivity index (χ1) is 7.22. The minimum atomic E-state index is 0.755. The van der Waals surface area contributed by atoms with E-state index in [0.717, 1.165) is 22.0 Å². The summed E-state index contributed by atoms with van der Waals surface area (Å²) in [6.45, 7) is 0. The van der Waals surface area contributed by atoms with Crippen LogP contribution in [0.2, 0.25) is 5.02 Å². The maximum atomic E-state index is 6.01. The molecule has 0 bridgehead atoms. The summed E-state index contributed by atoms with van der Waals surface area (Å²) in [5.74, 6) is 0. The van der Waals surface area contributed by atoms with Crippen LogP contribution in [0.4, 0.5) is 5.69 Å². The molecule has 0 amide bonds. The van der Waals surface area contributed by atoms with Crippen molar-refractivity contribution in [1.29, 1.82) is 0 Å². The van der Waals surface area contributed by atoms with E-state index in [-0.39, 0.29) is 0 Å². The topological polar surface area (TPSA) is 17.0 Å². The lowest BCUT2D eigenvalue weighted by Gasteiger charge is -2.10. The maximum absolute atomic E-state index is 6.01. The fourth-order valence-corrected chi connectivity index (χ4v) is 1.86. The van der Waals surface area contributed by atoms with E-state index in [0.29, 0.717) is 0 Å². The van der Waals surface area contributed by atoms with E-state index in [1.807, 2.05) is 44.6 Å². The number of rotatable bonds is 2. The van der Waals surface area contributed by atoms with Crippen molar-refractivity contribution in [3.63, 3.8) is 0 Å². The Hall–Kier alpha value is -1.41. The number of nitrogens with zero attached hydrogens (tertiary/aromatic N) is 1. The van der Waals surface area contributed by atoms with Gasteiger partial charge in [-0.25, -0.2) is 0 Å². The van der Waals surface area contributed by atoms with Crippen LogP contribution in [0.1, 0.15) is 0 Å². The van der Waals surface area contributed by atoms with Crippen molar-refractivity contribution < 1.29 is 0 Å². The molecule has 0 aliphatic rings. The summed E-state index contributed by atoms with van der Waals surface area (Å²) in [5, 5.41) is 3.92. The van der Waals surface area contributed by atoms with E-state index in [1.165, 1.54) is 0 Å². The fourth-order valence-electron chi connectivity index (χ4n) is 1.69. The van der Waals surface area contributed by atoms with E-state index in [2.05, 4.69) is 16.0 Å². The Morgan fingerprint density at radius 1 is 1.27 bits per heavy atom. The minimum Gasteiger partial charge on any atom is -0.388 e. The Morgan fingerprint density at radius 3 is 2.67 bits per heavy atom. The number of aryl methyl sites for hydroxylation is 1. The van der Waals surface area contributed by atoms with Crippen LogP contribution in [0.25, 0.3) is 11.3 Å². The van der Waals surface area contributed by atoms with Crippen LogP contribution in [-0.2, 0) is 7.05 Å². The van der Waals surface area contributed by atoms with Crippen LogP contribution in [0.5, 0.6) is 0 Å². The molecule has 0 spiro atoms. The zero-order chi connectivity index (χ0) is 10.8. The molecule has 2 rings (SSSR count). The Balaban J connectivity index is 2.60. The lowest BCUT2D eigenvalue weighted by atomic mass is 10.1. The highest BCUT2D eigenvalue weighted by Gasteiger charge is 2.07. The summed E-state index contributed by atoms with van der Waals surface area (Å²) in [6, 6.07) is 9.95. The molecular formula is C12H13ClN2. The first kappa shape index (κ1) is 10.1. The Bertz CT molecular complexity index is 474. The first-order valence-corrected chi connectivity index (χ1v) is 5.19. The summed E-state index contributed by atoms with van der Waals surface area (Å²) < 4.78 is 2.08. The Labute approximate surface area is 94.5 Å². The second kappa shape index (κ2) is 3.99. The van der Waals surface area contributed by atoms with Gasteiger partial charge in [0.2, 0.25) is 0 Å². The SMILES string of the molecule is CNc1ccc(Cl)cc1-c1cccn1C. The zero-order valence-electron chi connectivity index (χ0n) is 8.79. The maximum Gasteiger partial charge on any atom is 0.0499 e. The van der Waals surface area contributed by atoms with E-state index >= 15 is 0 Å². The highest BCUT2D eigenvalue weighted by atomic mass is 35.5. The van der Waals surface area contributed by atoms with Gasteiger partial charge in [-0.3, -0.25) is 0 Å². The average molecular weight is 221 g/mol. The number of halogens is 1. The molecule has 0 radical (unpaired) electrons. The number of aromatic nitrogens is 1. The molecule has 1 N–H and O–H groups in total. The van der Waals surface area contributed by atoms with Crippen LogP contribution in [0, 0.1) is 0 Å². The van der Waals surface area contributed by atoms with Crippen LogP contribution in [-0.4, -0.2) is 11.6 Å². The van der Waals surface area contributed by atoms with Gasteiger partial charge in [0.25, 0.3) is 0 Å². The van der Waals surface area contributed by atoms with Crippen molar-refractivity contribution in [3.05, 3.63) is 41.6 Å². The molecule has 0 aliphatic heterocycles. The van der Waals surface area contributed by atoms with Gasteiger partial charge in [0.05, 0.1) is 0 Å². The van der Waals surface area contributed by atoms with E-state index in [4.69, 9.17) is 11.6 Å². The van der Waals surface area contributed by atoms with E-state index in [9.17, 15) is 0 Å². The third-order valence-corrected chi connectivity index (χ3v) is 2.71. The molecule has 0 unspecified atom stereocenters. The van der Waals surface area contributed by atoms with Gasteiger partial charge in [-0.2, -0.15) is 0 Å². The Morgan fingerprint density at radius 2 is 2.07 bits per heavy atom. The number of benzene rings is 1. The second-order valence-corrected chi connectivity index (χ2v) is 3.88.